The van der Waals surface area contributed by atoms with Crippen LogP contribution >= 0.6 is 27.5 Å². The highest BCUT2D eigenvalue weighted by atomic mass is 79.9. The van der Waals surface area contributed by atoms with Crippen molar-refractivity contribution >= 4 is 44.4 Å². The summed E-state index contributed by atoms with van der Waals surface area (Å²) in [6.45, 7) is 0. The number of fused-ring (bicyclic) bond motifs is 1. The van der Waals surface area contributed by atoms with Gasteiger partial charge in [-0.1, -0.05) is 39.7 Å². The third-order valence-corrected chi connectivity index (χ3v) is 3.88. The number of carboxylic acids is 1. The molecular formula is C16H8BrClNO2-. The third kappa shape index (κ3) is 2.77. The summed E-state index contributed by atoms with van der Waals surface area (Å²) >= 11 is 9.19. The van der Waals surface area contributed by atoms with E-state index < -0.39 is 5.97 Å². The maximum Gasteiger partial charge on any atom is 0.0722 e. The Morgan fingerprint density at radius 2 is 1.81 bits per heavy atom. The number of carbonyl (C=O) groups excluding carboxylic acids is 1. The highest BCUT2D eigenvalue weighted by Crippen LogP contribution is 2.27. The molecule has 0 aliphatic carbocycles. The van der Waals surface area contributed by atoms with Gasteiger partial charge in [0.05, 0.1) is 17.2 Å². The summed E-state index contributed by atoms with van der Waals surface area (Å²) < 4.78 is 0.790. The van der Waals surface area contributed by atoms with Gasteiger partial charge in [0.1, 0.15) is 0 Å². The van der Waals surface area contributed by atoms with Crippen LogP contribution in [0.5, 0.6) is 0 Å². The van der Waals surface area contributed by atoms with Crippen LogP contribution in [0.4, 0.5) is 0 Å². The van der Waals surface area contributed by atoms with E-state index in [2.05, 4.69) is 20.9 Å². The van der Waals surface area contributed by atoms with Gasteiger partial charge in [-0.25, -0.2) is 4.98 Å². The van der Waals surface area contributed by atoms with E-state index in [-0.39, 0.29) is 5.56 Å². The highest BCUT2D eigenvalue weighted by molar-refractivity contribution is 9.10. The smallest absolute Gasteiger partial charge is 0.0722 e. The first-order valence-corrected chi connectivity index (χ1v) is 7.29. The van der Waals surface area contributed by atoms with E-state index in [0.717, 1.165) is 10.0 Å². The van der Waals surface area contributed by atoms with E-state index >= 15 is 0 Å². The molecule has 0 amide bonds. The van der Waals surface area contributed by atoms with Crippen molar-refractivity contribution in [3.63, 3.8) is 0 Å². The summed E-state index contributed by atoms with van der Waals surface area (Å²) in [4.78, 5) is 15.9. The minimum Gasteiger partial charge on any atom is -0.545 e. The minimum atomic E-state index is -1.23. The average Bonchev–Trinajstić information content (AvgIpc) is 2.46. The van der Waals surface area contributed by atoms with Gasteiger partial charge in [-0.2, -0.15) is 0 Å². The summed E-state index contributed by atoms with van der Waals surface area (Å²) in [6.07, 6.45) is 0. The molecule has 0 aliphatic rings. The van der Waals surface area contributed by atoms with Crippen molar-refractivity contribution in [1.29, 1.82) is 0 Å². The quantitative estimate of drug-likeness (QED) is 0.699. The molecular weight excluding hydrogens is 354 g/mol. The second kappa shape index (κ2) is 5.47. The van der Waals surface area contributed by atoms with Crippen LogP contribution in [0.2, 0.25) is 5.02 Å². The Morgan fingerprint density at radius 1 is 1.10 bits per heavy atom. The molecule has 0 fully saturated rings. The fourth-order valence-corrected chi connectivity index (χ4v) is 2.62. The fourth-order valence-electron chi connectivity index (χ4n) is 2.14. The van der Waals surface area contributed by atoms with Gasteiger partial charge in [0.25, 0.3) is 0 Å². The molecule has 104 valence electrons. The number of carbonyl (C=O) groups is 1. The van der Waals surface area contributed by atoms with Crippen molar-refractivity contribution in [2.45, 2.75) is 0 Å². The summed E-state index contributed by atoms with van der Waals surface area (Å²) in [5.41, 5.74) is 2.09. The number of hydrogen-bond donors (Lipinski definition) is 0. The molecule has 0 unspecified atom stereocenters. The van der Waals surface area contributed by atoms with Gasteiger partial charge in [0.2, 0.25) is 0 Å². The molecule has 1 aromatic heterocycles. The highest BCUT2D eigenvalue weighted by Gasteiger charge is 2.09. The minimum absolute atomic E-state index is 0.117. The molecule has 0 bridgehead atoms. The lowest BCUT2D eigenvalue weighted by Crippen LogP contribution is -2.22. The second-order valence-corrected chi connectivity index (χ2v) is 5.86. The van der Waals surface area contributed by atoms with Crippen molar-refractivity contribution in [2.75, 3.05) is 0 Å². The van der Waals surface area contributed by atoms with Crippen LogP contribution in [0, 0.1) is 0 Å². The third-order valence-electron chi connectivity index (χ3n) is 3.13. The predicted octanol–water partition coefficient (Wildman–Crippen LogP) is 3.68. The normalized spacial score (nSPS) is 10.8. The Labute approximate surface area is 134 Å². The number of aromatic nitrogens is 1. The fraction of sp³-hybridized carbons (Fsp3) is 0. The van der Waals surface area contributed by atoms with Gasteiger partial charge in [0.15, 0.2) is 0 Å². The van der Waals surface area contributed by atoms with Crippen molar-refractivity contribution < 1.29 is 9.90 Å². The van der Waals surface area contributed by atoms with E-state index in [1.54, 1.807) is 36.4 Å². The molecule has 3 rings (SSSR count). The topological polar surface area (TPSA) is 53.0 Å². The van der Waals surface area contributed by atoms with Gasteiger partial charge in [0, 0.05) is 26.0 Å². The molecule has 0 N–H and O–H groups in total. The number of carboxylic acid groups (broad SMARTS) is 1. The maximum absolute atomic E-state index is 11.4. The molecule has 0 saturated heterocycles. The molecule has 3 nitrogen and oxygen atoms in total. The van der Waals surface area contributed by atoms with Gasteiger partial charge < -0.3 is 9.90 Å². The molecule has 2 aromatic carbocycles. The first kappa shape index (κ1) is 14.0. The Morgan fingerprint density at radius 3 is 2.48 bits per heavy atom. The number of aromatic carboxylic acids is 1. The number of benzene rings is 2. The Bertz CT molecular complexity index is 847. The number of rotatable bonds is 2. The van der Waals surface area contributed by atoms with Crippen molar-refractivity contribution in [1.82, 2.24) is 4.98 Å². The van der Waals surface area contributed by atoms with Gasteiger partial charge in [-0.05, 0) is 36.4 Å². The van der Waals surface area contributed by atoms with Crippen LogP contribution in [0.15, 0.2) is 53.0 Å². The first-order chi connectivity index (χ1) is 10.0. The Kier molecular flexibility index (Phi) is 3.66. The van der Waals surface area contributed by atoms with Crippen LogP contribution in [-0.4, -0.2) is 11.0 Å². The molecule has 0 spiro atoms. The standard InChI is InChI=1S/C16H9BrClNO2/c17-10-3-6-14-12(7-10)13(16(20)21)8-15(19-14)9-1-4-11(18)5-2-9/h1-8H,(H,20,21)/p-1. The van der Waals surface area contributed by atoms with Crippen LogP contribution in [0.3, 0.4) is 0 Å². The summed E-state index contributed by atoms with van der Waals surface area (Å²) in [5.74, 6) is -1.23. The monoisotopic (exact) mass is 360 g/mol. The van der Waals surface area contributed by atoms with Gasteiger partial charge in [-0.3, -0.25) is 0 Å². The second-order valence-electron chi connectivity index (χ2n) is 4.51. The molecule has 0 radical (unpaired) electrons. The number of hydrogen-bond acceptors (Lipinski definition) is 3. The predicted molar refractivity (Wildman–Crippen MR) is 84.2 cm³/mol. The lowest BCUT2D eigenvalue weighted by Gasteiger charge is -2.11. The van der Waals surface area contributed by atoms with E-state index in [4.69, 9.17) is 11.6 Å². The van der Waals surface area contributed by atoms with E-state index in [9.17, 15) is 9.90 Å². The van der Waals surface area contributed by atoms with Crippen molar-refractivity contribution in [3.05, 3.63) is 63.6 Å². The Balaban J connectivity index is 2.28. The summed E-state index contributed by atoms with van der Waals surface area (Å²) in [6, 6.07) is 13.9. The molecule has 5 heteroatoms. The van der Waals surface area contributed by atoms with E-state index in [0.29, 0.717) is 21.6 Å². The molecule has 0 saturated carbocycles. The summed E-state index contributed by atoms with van der Waals surface area (Å²) in [7, 11) is 0. The van der Waals surface area contributed by atoms with E-state index in [1.807, 2.05) is 6.07 Å². The molecule has 0 atom stereocenters. The number of halogens is 2. The number of nitrogens with zero attached hydrogens (tertiary/aromatic N) is 1. The maximum atomic E-state index is 11.4. The molecule has 3 aromatic rings. The SMILES string of the molecule is O=C([O-])c1cc(-c2ccc(Cl)cc2)nc2ccc(Br)cc12. The average molecular weight is 362 g/mol. The van der Waals surface area contributed by atoms with Crippen LogP contribution in [-0.2, 0) is 0 Å². The first-order valence-electron chi connectivity index (χ1n) is 6.12. The molecule has 21 heavy (non-hydrogen) atoms. The zero-order chi connectivity index (χ0) is 15.0. The van der Waals surface area contributed by atoms with Crippen molar-refractivity contribution in [2.24, 2.45) is 0 Å². The Hall–Kier alpha value is -1.91. The zero-order valence-electron chi connectivity index (χ0n) is 10.6. The van der Waals surface area contributed by atoms with Gasteiger partial charge >= 0.3 is 0 Å². The number of pyridine rings is 1. The largest absolute Gasteiger partial charge is 0.545 e. The lowest BCUT2D eigenvalue weighted by molar-refractivity contribution is -0.254. The van der Waals surface area contributed by atoms with Crippen LogP contribution in [0.1, 0.15) is 10.4 Å². The van der Waals surface area contributed by atoms with Crippen molar-refractivity contribution in [3.8, 4) is 11.3 Å². The summed E-state index contributed by atoms with van der Waals surface area (Å²) in [5, 5.41) is 12.5. The van der Waals surface area contributed by atoms with Gasteiger partial charge in [-0.15, -0.1) is 0 Å². The van der Waals surface area contributed by atoms with Crippen LogP contribution < -0.4 is 5.11 Å². The van der Waals surface area contributed by atoms with E-state index in [1.165, 1.54) is 6.07 Å². The molecule has 0 aliphatic heterocycles. The zero-order valence-corrected chi connectivity index (χ0v) is 13.0. The lowest BCUT2D eigenvalue weighted by atomic mass is 10.0. The van der Waals surface area contributed by atoms with Crippen LogP contribution in [0.25, 0.3) is 22.2 Å². The molecule has 1 heterocycles.